The Morgan fingerprint density at radius 1 is 1.24 bits per heavy atom. The Hall–Kier alpha value is -1.39. The molecule has 2 aromatic carbocycles. The molecule has 0 aromatic heterocycles. The molecule has 2 nitrogen and oxygen atoms in total. The first-order valence-corrected chi connectivity index (χ1v) is 7.92. The van der Waals surface area contributed by atoms with E-state index < -0.39 is 0 Å². The Morgan fingerprint density at radius 2 is 2.05 bits per heavy atom. The molecular weight excluding hydrogens is 333 g/mol. The van der Waals surface area contributed by atoms with Crippen molar-refractivity contribution in [1.29, 1.82) is 0 Å². The molecule has 4 heteroatoms. The van der Waals surface area contributed by atoms with E-state index in [0.717, 1.165) is 28.8 Å². The van der Waals surface area contributed by atoms with Crippen LogP contribution >= 0.6 is 15.9 Å². The number of fused-ring (bicyclic) bond motifs is 1. The van der Waals surface area contributed by atoms with E-state index in [2.05, 4.69) is 34.2 Å². The van der Waals surface area contributed by atoms with E-state index in [9.17, 15) is 4.39 Å². The number of nitrogens with one attached hydrogen (secondary N) is 1. The van der Waals surface area contributed by atoms with Crippen LogP contribution < -0.4 is 10.1 Å². The molecule has 1 aliphatic heterocycles. The second-order valence-electron chi connectivity index (χ2n) is 5.16. The average Bonchev–Trinajstić information content (AvgIpc) is 2.48. The van der Waals surface area contributed by atoms with Gasteiger partial charge < -0.3 is 10.1 Å². The van der Waals surface area contributed by atoms with Crippen molar-refractivity contribution in [2.24, 2.45) is 0 Å². The van der Waals surface area contributed by atoms with Gasteiger partial charge in [0, 0.05) is 28.1 Å². The first-order valence-electron chi connectivity index (χ1n) is 7.13. The Bertz CT molecular complexity index is 646. The van der Waals surface area contributed by atoms with Crippen LogP contribution in [0.1, 0.15) is 36.6 Å². The first-order chi connectivity index (χ1) is 10.2. The maximum Gasteiger partial charge on any atom is 0.130 e. The van der Waals surface area contributed by atoms with Gasteiger partial charge in [0.25, 0.3) is 0 Å². The van der Waals surface area contributed by atoms with Crippen molar-refractivity contribution in [2.75, 3.05) is 6.54 Å². The zero-order valence-corrected chi connectivity index (χ0v) is 13.4. The molecule has 21 heavy (non-hydrogen) atoms. The van der Waals surface area contributed by atoms with Crippen molar-refractivity contribution >= 4 is 15.9 Å². The van der Waals surface area contributed by atoms with Gasteiger partial charge in [-0.05, 0) is 30.8 Å². The van der Waals surface area contributed by atoms with Crippen LogP contribution in [0.4, 0.5) is 4.39 Å². The van der Waals surface area contributed by atoms with E-state index in [1.165, 1.54) is 6.07 Å². The van der Waals surface area contributed by atoms with Crippen LogP contribution in [0.5, 0.6) is 5.75 Å². The predicted molar refractivity (Wildman–Crippen MR) is 84.9 cm³/mol. The highest BCUT2D eigenvalue weighted by Gasteiger charge is 2.30. The fourth-order valence-electron chi connectivity index (χ4n) is 2.81. The van der Waals surface area contributed by atoms with Crippen molar-refractivity contribution in [2.45, 2.75) is 25.5 Å². The highest BCUT2D eigenvalue weighted by Crippen LogP contribution is 2.42. The Balaban J connectivity index is 1.98. The van der Waals surface area contributed by atoms with E-state index in [4.69, 9.17) is 4.74 Å². The maximum atomic E-state index is 14.0. The third-order valence-electron chi connectivity index (χ3n) is 3.77. The monoisotopic (exact) mass is 349 g/mol. The molecule has 3 rings (SSSR count). The Kier molecular flexibility index (Phi) is 4.27. The molecule has 2 unspecified atom stereocenters. The highest BCUT2D eigenvalue weighted by molar-refractivity contribution is 9.10. The standard InChI is InChI=1S/C17H17BrFNO/c1-2-20-15-10-17(12-5-3-4-6-14(12)19)21-16-8-7-11(18)9-13(15)16/h3-9,15,17,20H,2,10H2,1H3. The smallest absolute Gasteiger partial charge is 0.130 e. The van der Waals surface area contributed by atoms with E-state index in [0.29, 0.717) is 5.56 Å². The molecule has 0 fully saturated rings. The fourth-order valence-corrected chi connectivity index (χ4v) is 3.19. The third kappa shape index (κ3) is 2.97. The summed E-state index contributed by atoms with van der Waals surface area (Å²) in [4.78, 5) is 0. The molecule has 1 aliphatic rings. The van der Waals surface area contributed by atoms with Crippen molar-refractivity contribution in [3.05, 3.63) is 63.9 Å². The number of hydrogen-bond acceptors (Lipinski definition) is 2. The summed E-state index contributed by atoms with van der Waals surface area (Å²) in [5.41, 5.74) is 1.74. The summed E-state index contributed by atoms with van der Waals surface area (Å²) in [6, 6.07) is 13.0. The van der Waals surface area contributed by atoms with Gasteiger partial charge in [0.2, 0.25) is 0 Å². The van der Waals surface area contributed by atoms with Crippen molar-refractivity contribution in [3.8, 4) is 5.75 Å². The van der Waals surface area contributed by atoms with Gasteiger partial charge in [-0.25, -0.2) is 4.39 Å². The van der Waals surface area contributed by atoms with E-state index in [-0.39, 0.29) is 18.0 Å². The third-order valence-corrected chi connectivity index (χ3v) is 4.26. The van der Waals surface area contributed by atoms with Gasteiger partial charge in [0.15, 0.2) is 0 Å². The zero-order valence-electron chi connectivity index (χ0n) is 11.8. The lowest BCUT2D eigenvalue weighted by atomic mass is 9.92. The molecule has 0 bridgehead atoms. The number of ether oxygens (including phenoxy) is 1. The fraction of sp³-hybridized carbons (Fsp3) is 0.294. The van der Waals surface area contributed by atoms with E-state index in [1.54, 1.807) is 12.1 Å². The number of hydrogen-bond donors (Lipinski definition) is 1. The molecule has 0 spiro atoms. The van der Waals surface area contributed by atoms with Crippen molar-refractivity contribution in [3.63, 3.8) is 0 Å². The molecular formula is C17H17BrFNO. The van der Waals surface area contributed by atoms with Gasteiger partial charge in [-0.3, -0.25) is 0 Å². The maximum absolute atomic E-state index is 14.0. The van der Waals surface area contributed by atoms with Crippen molar-refractivity contribution in [1.82, 2.24) is 5.32 Å². The van der Waals surface area contributed by atoms with Crippen LogP contribution in [-0.4, -0.2) is 6.54 Å². The van der Waals surface area contributed by atoms with E-state index >= 15 is 0 Å². The van der Waals surface area contributed by atoms with Gasteiger partial charge in [-0.2, -0.15) is 0 Å². The first kappa shape index (κ1) is 14.5. The van der Waals surface area contributed by atoms with Crippen LogP contribution in [0.3, 0.4) is 0 Å². The highest BCUT2D eigenvalue weighted by atomic mass is 79.9. The molecule has 110 valence electrons. The van der Waals surface area contributed by atoms with Crippen LogP contribution in [0, 0.1) is 5.82 Å². The largest absolute Gasteiger partial charge is 0.485 e. The summed E-state index contributed by atoms with van der Waals surface area (Å²) < 4.78 is 21.1. The number of halogens is 2. The van der Waals surface area contributed by atoms with Crippen LogP contribution in [0.25, 0.3) is 0 Å². The van der Waals surface area contributed by atoms with Crippen LogP contribution in [-0.2, 0) is 0 Å². The second-order valence-corrected chi connectivity index (χ2v) is 6.07. The number of benzene rings is 2. The molecule has 2 aromatic rings. The lowest BCUT2D eigenvalue weighted by Crippen LogP contribution is -2.29. The SMILES string of the molecule is CCNC1CC(c2ccccc2F)Oc2ccc(Br)cc21. The summed E-state index contributed by atoms with van der Waals surface area (Å²) >= 11 is 3.50. The normalized spacial score (nSPS) is 20.7. The molecule has 1 N–H and O–H groups in total. The quantitative estimate of drug-likeness (QED) is 0.862. The Labute approximate surface area is 132 Å². The van der Waals surface area contributed by atoms with Gasteiger partial charge in [-0.15, -0.1) is 0 Å². The van der Waals surface area contributed by atoms with Gasteiger partial charge in [0.1, 0.15) is 17.7 Å². The minimum absolute atomic E-state index is 0.167. The van der Waals surface area contributed by atoms with Crippen LogP contribution in [0.2, 0.25) is 0 Å². The lowest BCUT2D eigenvalue weighted by Gasteiger charge is -2.33. The topological polar surface area (TPSA) is 21.3 Å². The summed E-state index contributed by atoms with van der Waals surface area (Å²) in [7, 11) is 0. The molecule has 0 radical (unpaired) electrons. The average molecular weight is 350 g/mol. The summed E-state index contributed by atoms with van der Waals surface area (Å²) in [6.45, 7) is 2.94. The van der Waals surface area contributed by atoms with Gasteiger partial charge >= 0.3 is 0 Å². The van der Waals surface area contributed by atoms with Crippen molar-refractivity contribution < 1.29 is 9.13 Å². The minimum atomic E-state index is -0.260. The molecule has 0 saturated carbocycles. The molecule has 1 heterocycles. The predicted octanol–water partition coefficient (Wildman–Crippen LogP) is 4.76. The summed E-state index contributed by atoms with van der Waals surface area (Å²) in [6.07, 6.45) is 0.460. The Morgan fingerprint density at radius 3 is 2.81 bits per heavy atom. The molecule has 0 saturated heterocycles. The summed E-state index contributed by atoms with van der Waals surface area (Å²) in [5.74, 6) is 0.613. The minimum Gasteiger partial charge on any atom is -0.485 e. The molecule has 0 amide bonds. The van der Waals surface area contributed by atoms with E-state index in [1.807, 2.05) is 18.2 Å². The van der Waals surface area contributed by atoms with Gasteiger partial charge in [-0.1, -0.05) is 41.1 Å². The lowest BCUT2D eigenvalue weighted by molar-refractivity contribution is 0.148. The molecule has 2 atom stereocenters. The van der Waals surface area contributed by atoms with Gasteiger partial charge in [0.05, 0.1) is 0 Å². The number of rotatable bonds is 3. The van der Waals surface area contributed by atoms with Crippen LogP contribution in [0.15, 0.2) is 46.9 Å². The summed E-state index contributed by atoms with van der Waals surface area (Å²) in [5, 5.41) is 3.46. The molecule has 0 aliphatic carbocycles. The zero-order chi connectivity index (χ0) is 14.8. The second kappa shape index (κ2) is 6.16.